The highest BCUT2D eigenvalue weighted by atomic mass is 16.5. The summed E-state index contributed by atoms with van der Waals surface area (Å²) in [6.45, 7) is 6.85. The lowest BCUT2D eigenvalue weighted by atomic mass is 9.48. The van der Waals surface area contributed by atoms with Crippen LogP contribution in [0.2, 0.25) is 0 Å². The molecule has 4 atom stereocenters. The Hall–Kier alpha value is -0.650. The summed E-state index contributed by atoms with van der Waals surface area (Å²) in [4.78, 5) is 12.3. The summed E-state index contributed by atoms with van der Waals surface area (Å²) in [6, 6.07) is 0. The van der Waals surface area contributed by atoms with E-state index in [0.717, 1.165) is 6.42 Å². The van der Waals surface area contributed by atoms with Gasteiger partial charge in [0.2, 0.25) is 5.91 Å². The Morgan fingerprint density at radius 3 is 2.89 bits per heavy atom. The molecule has 0 radical (unpaired) electrons. The van der Waals surface area contributed by atoms with E-state index in [2.05, 4.69) is 5.32 Å². The van der Waals surface area contributed by atoms with E-state index in [4.69, 9.17) is 10.5 Å². The van der Waals surface area contributed by atoms with Gasteiger partial charge in [0.15, 0.2) is 0 Å². The van der Waals surface area contributed by atoms with Crippen LogP contribution in [0.4, 0.5) is 0 Å². The normalized spacial score (nSPS) is 38.7. The van der Waals surface area contributed by atoms with Gasteiger partial charge in [-0.05, 0) is 19.8 Å². The summed E-state index contributed by atoms with van der Waals surface area (Å²) in [5.74, 6) is 0.0129. The molecule has 0 aromatic rings. The van der Waals surface area contributed by atoms with Crippen LogP contribution < -0.4 is 11.1 Å². The molecule has 104 valence electrons. The number of hydrogen-bond donors (Lipinski definition) is 3. The lowest BCUT2D eigenvalue weighted by molar-refractivity contribution is -0.175. The molecule has 0 spiro atoms. The maximum absolute atomic E-state index is 12.3. The lowest BCUT2D eigenvalue weighted by Gasteiger charge is -2.60. The van der Waals surface area contributed by atoms with E-state index < -0.39 is 11.6 Å². The highest BCUT2D eigenvalue weighted by molar-refractivity contribution is 5.89. The summed E-state index contributed by atoms with van der Waals surface area (Å²) in [5, 5.41) is 12.0. The van der Waals surface area contributed by atoms with Crippen molar-refractivity contribution >= 4 is 5.91 Å². The number of aliphatic hydroxyl groups is 1. The number of aliphatic hydroxyl groups excluding tert-OH is 1. The van der Waals surface area contributed by atoms with Gasteiger partial charge in [-0.3, -0.25) is 4.79 Å². The van der Waals surface area contributed by atoms with Gasteiger partial charge in [0.1, 0.15) is 5.54 Å². The summed E-state index contributed by atoms with van der Waals surface area (Å²) in [7, 11) is 0. The first kappa shape index (κ1) is 13.8. The molecule has 0 aromatic carbocycles. The highest BCUT2D eigenvalue weighted by Crippen LogP contribution is 2.58. The third kappa shape index (κ3) is 1.76. The molecule has 1 saturated carbocycles. The first-order valence-corrected chi connectivity index (χ1v) is 6.68. The van der Waals surface area contributed by atoms with Crippen LogP contribution in [0.25, 0.3) is 0 Å². The number of fused-ring (bicyclic) bond motifs is 1. The predicted octanol–water partition coefficient (Wildman–Crippen LogP) is 0.0159. The van der Waals surface area contributed by atoms with Crippen LogP contribution in [-0.2, 0) is 9.53 Å². The zero-order chi connectivity index (χ0) is 13.6. The second kappa shape index (κ2) is 4.47. The van der Waals surface area contributed by atoms with E-state index in [-0.39, 0.29) is 23.3 Å². The Morgan fingerprint density at radius 2 is 2.28 bits per heavy atom. The molecular weight excluding hydrogens is 232 g/mol. The average molecular weight is 256 g/mol. The van der Waals surface area contributed by atoms with E-state index in [1.165, 1.54) is 0 Å². The number of nitrogens with one attached hydrogen (secondary N) is 1. The fourth-order valence-corrected chi connectivity index (χ4v) is 3.39. The van der Waals surface area contributed by atoms with Gasteiger partial charge in [-0.1, -0.05) is 13.8 Å². The van der Waals surface area contributed by atoms with Crippen LogP contribution >= 0.6 is 0 Å². The maximum Gasteiger partial charge on any atom is 0.241 e. The molecule has 2 aliphatic rings. The number of ether oxygens (including phenoxy) is 1. The Kier molecular flexibility index (Phi) is 3.42. The molecule has 2 rings (SSSR count). The SMILES string of the molecule is CC(O)CCNC(=O)C1(N)C2CCOC2C1(C)C. The zero-order valence-electron chi connectivity index (χ0n) is 11.4. The lowest BCUT2D eigenvalue weighted by Crippen LogP contribution is -2.80. The van der Waals surface area contributed by atoms with E-state index in [1.807, 2.05) is 13.8 Å². The van der Waals surface area contributed by atoms with E-state index in [9.17, 15) is 9.90 Å². The molecule has 2 fully saturated rings. The molecule has 0 aromatic heterocycles. The molecule has 0 bridgehead atoms. The molecule has 1 saturated heterocycles. The van der Waals surface area contributed by atoms with Crippen molar-refractivity contribution in [1.82, 2.24) is 5.32 Å². The molecule has 1 heterocycles. The zero-order valence-corrected chi connectivity index (χ0v) is 11.4. The predicted molar refractivity (Wildman–Crippen MR) is 67.9 cm³/mol. The molecule has 18 heavy (non-hydrogen) atoms. The Balaban J connectivity index is 2.00. The van der Waals surface area contributed by atoms with Gasteiger partial charge in [0.25, 0.3) is 0 Å². The Labute approximate surface area is 108 Å². The van der Waals surface area contributed by atoms with Gasteiger partial charge in [0, 0.05) is 24.5 Å². The van der Waals surface area contributed by atoms with Gasteiger partial charge >= 0.3 is 0 Å². The number of hydrogen-bond acceptors (Lipinski definition) is 4. The van der Waals surface area contributed by atoms with Crippen molar-refractivity contribution in [1.29, 1.82) is 0 Å². The minimum absolute atomic E-state index is 0.102. The third-order valence-corrected chi connectivity index (χ3v) is 4.68. The summed E-state index contributed by atoms with van der Waals surface area (Å²) >= 11 is 0. The molecule has 4 N–H and O–H groups in total. The van der Waals surface area contributed by atoms with Crippen molar-refractivity contribution in [2.24, 2.45) is 17.1 Å². The van der Waals surface area contributed by atoms with E-state index in [0.29, 0.717) is 19.6 Å². The van der Waals surface area contributed by atoms with Crippen LogP contribution in [-0.4, -0.2) is 41.9 Å². The van der Waals surface area contributed by atoms with Crippen molar-refractivity contribution < 1.29 is 14.6 Å². The fraction of sp³-hybridized carbons (Fsp3) is 0.923. The molecule has 5 nitrogen and oxygen atoms in total. The van der Waals surface area contributed by atoms with Crippen LogP contribution in [0, 0.1) is 11.3 Å². The Morgan fingerprint density at radius 1 is 1.61 bits per heavy atom. The number of rotatable bonds is 4. The van der Waals surface area contributed by atoms with Crippen LogP contribution in [0.3, 0.4) is 0 Å². The molecule has 4 unspecified atom stereocenters. The molecule has 1 aliphatic heterocycles. The minimum atomic E-state index is -0.840. The van der Waals surface area contributed by atoms with Gasteiger partial charge in [-0.15, -0.1) is 0 Å². The molecular formula is C13H24N2O3. The molecule has 1 amide bonds. The largest absolute Gasteiger partial charge is 0.393 e. The van der Waals surface area contributed by atoms with Gasteiger partial charge in [-0.25, -0.2) is 0 Å². The second-order valence-electron chi connectivity index (χ2n) is 6.17. The number of nitrogens with two attached hydrogens (primary N) is 1. The summed E-state index contributed by atoms with van der Waals surface area (Å²) in [6.07, 6.45) is 1.10. The van der Waals surface area contributed by atoms with Crippen LogP contribution in [0.1, 0.15) is 33.6 Å². The quantitative estimate of drug-likeness (QED) is 0.662. The number of amides is 1. The minimum Gasteiger partial charge on any atom is -0.393 e. The monoisotopic (exact) mass is 256 g/mol. The third-order valence-electron chi connectivity index (χ3n) is 4.68. The first-order chi connectivity index (χ1) is 8.31. The van der Waals surface area contributed by atoms with Crippen molar-refractivity contribution in [2.45, 2.75) is 51.4 Å². The van der Waals surface area contributed by atoms with E-state index in [1.54, 1.807) is 6.92 Å². The fourth-order valence-electron chi connectivity index (χ4n) is 3.39. The molecule has 1 aliphatic carbocycles. The van der Waals surface area contributed by atoms with Crippen LogP contribution in [0.5, 0.6) is 0 Å². The van der Waals surface area contributed by atoms with Crippen molar-refractivity contribution in [3.63, 3.8) is 0 Å². The topological polar surface area (TPSA) is 84.6 Å². The Bertz CT molecular complexity index is 343. The summed E-state index contributed by atoms with van der Waals surface area (Å²) < 4.78 is 5.66. The number of carbonyl (C=O) groups is 1. The van der Waals surface area contributed by atoms with Crippen molar-refractivity contribution in [3.05, 3.63) is 0 Å². The molecule has 5 heteroatoms. The smallest absolute Gasteiger partial charge is 0.241 e. The van der Waals surface area contributed by atoms with Crippen molar-refractivity contribution in [3.8, 4) is 0 Å². The van der Waals surface area contributed by atoms with Gasteiger partial charge in [-0.2, -0.15) is 0 Å². The van der Waals surface area contributed by atoms with Crippen LogP contribution in [0.15, 0.2) is 0 Å². The van der Waals surface area contributed by atoms with Gasteiger partial charge < -0.3 is 20.9 Å². The summed E-state index contributed by atoms with van der Waals surface area (Å²) in [5.41, 5.74) is 5.20. The first-order valence-electron chi connectivity index (χ1n) is 6.68. The maximum atomic E-state index is 12.3. The average Bonchev–Trinajstić information content (AvgIpc) is 2.74. The van der Waals surface area contributed by atoms with Crippen molar-refractivity contribution in [2.75, 3.05) is 13.2 Å². The van der Waals surface area contributed by atoms with E-state index >= 15 is 0 Å². The second-order valence-corrected chi connectivity index (χ2v) is 6.17. The standard InChI is InChI=1S/C13H24N2O3/c1-8(16)4-6-15-11(17)13(14)9-5-7-18-10(9)12(13,2)3/h8-10,16H,4-7,14H2,1-3H3,(H,15,17). The van der Waals surface area contributed by atoms with Gasteiger partial charge in [0.05, 0.1) is 12.2 Å². The highest BCUT2D eigenvalue weighted by Gasteiger charge is 2.71. The number of carbonyl (C=O) groups excluding carboxylic acids is 1.